The number of nitrogens with one attached hydrogen (secondary N) is 1. The molecule has 0 aromatic rings. The molecule has 0 radical (unpaired) electrons. The van der Waals surface area contributed by atoms with Crippen LogP contribution in [0.5, 0.6) is 0 Å². The summed E-state index contributed by atoms with van der Waals surface area (Å²) >= 11 is 0. The first-order valence-corrected chi connectivity index (χ1v) is 25.9. The van der Waals surface area contributed by atoms with Crippen molar-refractivity contribution in [2.75, 3.05) is 6.61 Å². The van der Waals surface area contributed by atoms with E-state index >= 15 is 0 Å². The molecule has 0 fully saturated rings. The molecule has 350 valence electrons. The second kappa shape index (κ2) is 47.9. The van der Waals surface area contributed by atoms with Gasteiger partial charge in [0.2, 0.25) is 5.91 Å². The van der Waals surface area contributed by atoms with Crippen LogP contribution in [0.3, 0.4) is 0 Å². The average molecular weight is 842 g/mol. The van der Waals surface area contributed by atoms with Crippen molar-refractivity contribution in [3.63, 3.8) is 0 Å². The highest BCUT2D eigenvalue weighted by molar-refractivity contribution is 5.77. The Hall–Kier alpha value is -2.18. The number of rotatable bonds is 46. The lowest BCUT2D eigenvalue weighted by Crippen LogP contribution is -2.46. The molecule has 0 aliphatic heterocycles. The number of esters is 1. The summed E-state index contributed by atoms with van der Waals surface area (Å²) in [5.41, 5.74) is 0. The van der Waals surface area contributed by atoms with Crippen LogP contribution in [0.4, 0.5) is 0 Å². The van der Waals surface area contributed by atoms with Gasteiger partial charge in [0.05, 0.1) is 25.2 Å². The number of ether oxygens (including phenoxy) is 1. The largest absolute Gasteiger partial charge is 0.462 e. The minimum atomic E-state index is -0.799. The van der Waals surface area contributed by atoms with Gasteiger partial charge in [-0.15, -0.1) is 0 Å². The molecule has 0 aromatic carbocycles. The van der Waals surface area contributed by atoms with Gasteiger partial charge in [-0.2, -0.15) is 0 Å². The molecule has 0 saturated carbocycles. The fraction of sp³-hybridized carbons (Fsp3) is 0.815. The lowest BCUT2D eigenvalue weighted by Gasteiger charge is -2.24. The van der Waals surface area contributed by atoms with Gasteiger partial charge in [0, 0.05) is 6.42 Å². The van der Waals surface area contributed by atoms with Crippen LogP contribution in [0, 0.1) is 0 Å². The average Bonchev–Trinajstić information content (AvgIpc) is 3.24. The second-order valence-corrected chi connectivity index (χ2v) is 17.5. The summed E-state index contributed by atoms with van der Waals surface area (Å²) in [6.07, 6.45) is 57.5. The maximum atomic E-state index is 13.2. The third kappa shape index (κ3) is 42.5. The zero-order valence-electron chi connectivity index (χ0n) is 39.8. The fourth-order valence-electron chi connectivity index (χ4n) is 7.78. The molecule has 0 spiro atoms. The minimum absolute atomic E-state index is 0.0421. The summed E-state index contributed by atoms with van der Waals surface area (Å²) in [7, 11) is 0. The molecule has 3 N–H and O–H groups in total. The van der Waals surface area contributed by atoms with Gasteiger partial charge < -0.3 is 20.3 Å². The maximum absolute atomic E-state index is 13.2. The molecule has 1 amide bonds. The Labute approximate surface area is 372 Å². The van der Waals surface area contributed by atoms with E-state index in [9.17, 15) is 19.8 Å². The van der Waals surface area contributed by atoms with Crippen molar-refractivity contribution in [2.24, 2.45) is 0 Å². The van der Waals surface area contributed by atoms with E-state index in [2.05, 4.69) is 74.7 Å². The molecule has 0 aromatic heterocycles. The van der Waals surface area contributed by atoms with Crippen LogP contribution >= 0.6 is 0 Å². The minimum Gasteiger partial charge on any atom is -0.462 e. The SMILES string of the molecule is CC/C=C/C/C=C/C/C=C/C/C=C/CCCC(CC(=O)NC(CO)C(O)CCCCCCCCCCCC)OC(=O)CCCCCCCCCCCCCCCCCCC. The number of amides is 1. The van der Waals surface area contributed by atoms with Crippen LogP contribution in [0.1, 0.15) is 258 Å². The Morgan fingerprint density at radius 2 is 0.900 bits per heavy atom. The molecule has 0 bridgehead atoms. The van der Waals surface area contributed by atoms with Crippen LogP contribution in [0.25, 0.3) is 0 Å². The summed E-state index contributed by atoms with van der Waals surface area (Å²) in [6, 6.07) is -0.716. The zero-order valence-corrected chi connectivity index (χ0v) is 39.8. The van der Waals surface area contributed by atoms with Crippen molar-refractivity contribution in [1.82, 2.24) is 5.32 Å². The summed E-state index contributed by atoms with van der Waals surface area (Å²) in [5.74, 6) is -0.521. The van der Waals surface area contributed by atoms with Crippen molar-refractivity contribution in [1.29, 1.82) is 0 Å². The van der Waals surface area contributed by atoms with Crippen molar-refractivity contribution in [3.05, 3.63) is 48.6 Å². The number of unbranched alkanes of at least 4 members (excludes halogenated alkanes) is 26. The molecule has 0 aliphatic carbocycles. The van der Waals surface area contributed by atoms with Crippen LogP contribution in [-0.4, -0.2) is 46.9 Å². The second-order valence-electron chi connectivity index (χ2n) is 17.5. The van der Waals surface area contributed by atoms with E-state index in [1.165, 1.54) is 135 Å². The molecule has 0 heterocycles. The normalized spacial score (nSPS) is 13.6. The quantitative estimate of drug-likeness (QED) is 0.0322. The van der Waals surface area contributed by atoms with E-state index < -0.39 is 18.2 Å². The predicted octanol–water partition coefficient (Wildman–Crippen LogP) is 15.5. The summed E-state index contributed by atoms with van der Waals surface area (Å²) < 4.78 is 5.91. The summed E-state index contributed by atoms with van der Waals surface area (Å²) in [4.78, 5) is 26.1. The molecular formula is C54H99NO5. The molecule has 0 aliphatic rings. The number of aliphatic hydroxyl groups excluding tert-OH is 2. The Balaban J connectivity index is 4.61. The highest BCUT2D eigenvalue weighted by Gasteiger charge is 2.24. The van der Waals surface area contributed by atoms with E-state index in [4.69, 9.17) is 4.74 Å². The number of hydrogen-bond acceptors (Lipinski definition) is 5. The summed E-state index contributed by atoms with van der Waals surface area (Å²) in [5, 5.41) is 23.7. The first kappa shape index (κ1) is 57.8. The number of allylic oxidation sites excluding steroid dienone is 8. The van der Waals surface area contributed by atoms with Gasteiger partial charge in [0.25, 0.3) is 0 Å². The summed E-state index contributed by atoms with van der Waals surface area (Å²) in [6.45, 7) is 6.35. The zero-order chi connectivity index (χ0) is 43.8. The van der Waals surface area contributed by atoms with Crippen LogP contribution in [0.2, 0.25) is 0 Å². The molecule has 3 unspecified atom stereocenters. The van der Waals surface area contributed by atoms with Crippen molar-refractivity contribution in [2.45, 2.75) is 277 Å². The molecule has 0 saturated heterocycles. The lowest BCUT2D eigenvalue weighted by atomic mass is 10.0. The standard InChI is InChI=1S/C54H99NO5/c1-4-7-10-13-16-19-22-24-26-27-28-30-32-35-38-41-44-47-54(59)60-50(45-42-39-36-33-31-29-25-23-20-17-14-11-8-5-2)48-53(58)55-51(49-56)52(57)46-43-40-37-34-21-18-15-12-9-6-3/h8,11,17,20,25,29,33,36,50-52,56-57H,4-7,9-10,12-16,18-19,21-24,26-28,30-32,34-35,37-49H2,1-3H3,(H,55,58)/b11-8+,20-17+,29-25+,36-33+. The smallest absolute Gasteiger partial charge is 0.306 e. The Kier molecular flexibility index (Phi) is 46.1. The van der Waals surface area contributed by atoms with Crippen LogP contribution in [0.15, 0.2) is 48.6 Å². The molecule has 3 atom stereocenters. The van der Waals surface area contributed by atoms with Gasteiger partial charge in [-0.3, -0.25) is 9.59 Å². The van der Waals surface area contributed by atoms with E-state index in [0.29, 0.717) is 19.3 Å². The molecular weight excluding hydrogens is 743 g/mol. The highest BCUT2D eigenvalue weighted by Crippen LogP contribution is 2.17. The molecule has 6 nitrogen and oxygen atoms in total. The van der Waals surface area contributed by atoms with Crippen LogP contribution < -0.4 is 5.32 Å². The van der Waals surface area contributed by atoms with Gasteiger partial charge in [-0.25, -0.2) is 0 Å². The predicted molar refractivity (Wildman–Crippen MR) is 259 cm³/mol. The third-order valence-corrected chi connectivity index (χ3v) is 11.7. The maximum Gasteiger partial charge on any atom is 0.306 e. The van der Waals surface area contributed by atoms with Gasteiger partial charge in [-0.05, 0) is 57.8 Å². The first-order valence-electron chi connectivity index (χ1n) is 25.9. The Morgan fingerprint density at radius 1 is 0.500 bits per heavy atom. The number of carbonyl (C=O) groups excluding carboxylic acids is 2. The van der Waals surface area contributed by atoms with Crippen molar-refractivity contribution >= 4 is 11.9 Å². The van der Waals surface area contributed by atoms with E-state index in [-0.39, 0.29) is 24.9 Å². The van der Waals surface area contributed by atoms with E-state index in [1.807, 2.05) is 0 Å². The topological polar surface area (TPSA) is 95.9 Å². The molecule has 0 rings (SSSR count). The first-order chi connectivity index (χ1) is 29.5. The van der Waals surface area contributed by atoms with E-state index in [1.54, 1.807) is 0 Å². The highest BCUT2D eigenvalue weighted by atomic mass is 16.5. The van der Waals surface area contributed by atoms with Gasteiger partial charge in [0.15, 0.2) is 0 Å². The van der Waals surface area contributed by atoms with E-state index in [0.717, 1.165) is 77.0 Å². The van der Waals surface area contributed by atoms with Crippen molar-refractivity contribution < 1.29 is 24.5 Å². The lowest BCUT2D eigenvalue weighted by molar-refractivity contribution is -0.151. The van der Waals surface area contributed by atoms with Gasteiger partial charge in [0.1, 0.15) is 6.10 Å². The van der Waals surface area contributed by atoms with Crippen LogP contribution in [-0.2, 0) is 14.3 Å². The monoisotopic (exact) mass is 842 g/mol. The number of hydrogen-bond donors (Lipinski definition) is 3. The molecule has 60 heavy (non-hydrogen) atoms. The number of aliphatic hydroxyl groups is 2. The Bertz CT molecular complexity index is 1040. The van der Waals surface area contributed by atoms with Gasteiger partial charge >= 0.3 is 5.97 Å². The number of carbonyl (C=O) groups is 2. The Morgan fingerprint density at radius 3 is 1.33 bits per heavy atom. The third-order valence-electron chi connectivity index (χ3n) is 11.7. The van der Waals surface area contributed by atoms with Crippen molar-refractivity contribution in [3.8, 4) is 0 Å². The fourth-order valence-corrected chi connectivity index (χ4v) is 7.78. The van der Waals surface area contributed by atoms with Gasteiger partial charge in [-0.1, -0.05) is 236 Å². The molecule has 6 heteroatoms.